The zero-order valence-electron chi connectivity index (χ0n) is 6.59. The second kappa shape index (κ2) is 5.27. The summed E-state index contributed by atoms with van der Waals surface area (Å²) >= 11 is 3.35. The predicted molar refractivity (Wildman–Crippen MR) is 49.8 cm³/mol. The van der Waals surface area contributed by atoms with E-state index >= 15 is 0 Å². The van der Waals surface area contributed by atoms with E-state index in [0.717, 1.165) is 10.9 Å². The minimum absolute atomic E-state index is 0.133. The molecule has 1 nitrogen and oxygen atoms in total. The van der Waals surface area contributed by atoms with Crippen LogP contribution >= 0.6 is 15.9 Å². The van der Waals surface area contributed by atoms with Crippen LogP contribution in [0.5, 0.6) is 0 Å². The summed E-state index contributed by atoms with van der Waals surface area (Å²) in [6, 6.07) is 8.00. The summed E-state index contributed by atoms with van der Waals surface area (Å²) in [6.45, 7) is 0.133. The van der Waals surface area contributed by atoms with E-state index in [4.69, 9.17) is 0 Å². The van der Waals surface area contributed by atoms with E-state index in [-0.39, 0.29) is 6.61 Å². The van der Waals surface area contributed by atoms with Crippen molar-refractivity contribution in [1.29, 1.82) is 0 Å². The normalized spacial score (nSPS) is 10.2. The summed E-state index contributed by atoms with van der Waals surface area (Å²) < 4.78 is 11.3. The highest BCUT2D eigenvalue weighted by Crippen LogP contribution is 2.08. The third-order valence-corrected chi connectivity index (χ3v) is 2.29. The topological polar surface area (TPSA) is 9.23 Å². The number of hydrogen-bond acceptors (Lipinski definition) is 1. The van der Waals surface area contributed by atoms with Gasteiger partial charge in [0, 0.05) is 5.33 Å². The Morgan fingerprint density at radius 3 is 2.25 bits per heavy atom. The number of halogens is 2. The Morgan fingerprint density at radius 2 is 1.75 bits per heavy atom. The van der Waals surface area contributed by atoms with Crippen molar-refractivity contribution in [2.24, 2.45) is 0 Å². The Bertz CT molecular complexity index is 222. The van der Waals surface area contributed by atoms with Gasteiger partial charge in [-0.05, 0) is 22.1 Å². The van der Waals surface area contributed by atoms with Crippen LogP contribution in [-0.4, -0.2) is 6.61 Å². The van der Waals surface area contributed by atoms with Crippen molar-refractivity contribution >= 4 is 15.9 Å². The molecule has 0 heterocycles. The van der Waals surface area contributed by atoms with Crippen molar-refractivity contribution in [1.82, 2.24) is 0 Å². The van der Waals surface area contributed by atoms with Crippen molar-refractivity contribution in [3.8, 4) is 0 Å². The van der Waals surface area contributed by atoms with Gasteiger partial charge in [0.05, 0.1) is 6.61 Å². The lowest BCUT2D eigenvalue weighted by Crippen LogP contribution is -1.91. The van der Waals surface area contributed by atoms with Crippen LogP contribution in [0.1, 0.15) is 11.1 Å². The van der Waals surface area contributed by atoms with E-state index in [0.29, 0.717) is 6.42 Å². The van der Waals surface area contributed by atoms with Gasteiger partial charge in [0.1, 0.15) is 0 Å². The molecule has 12 heavy (non-hydrogen) atoms. The lowest BCUT2D eigenvalue weighted by molar-refractivity contribution is -0.130. The van der Waals surface area contributed by atoms with Crippen LogP contribution in [0.2, 0.25) is 0 Å². The van der Waals surface area contributed by atoms with Gasteiger partial charge in [0.25, 0.3) is 0 Å². The fourth-order valence-corrected chi connectivity index (χ4v) is 1.33. The largest absolute Gasteiger partial charge is 0.194 e. The van der Waals surface area contributed by atoms with Crippen LogP contribution in [-0.2, 0) is 16.7 Å². The Kier molecular flexibility index (Phi) is 4.25. The second-order valence-corrected chi connectivity index (χ2v) is 3.07. The molecule has 3 heteroatoms. The highest BCUT2D eigenvalue weighted by molar-refractivity contribution is 9.08. The van der Waals surface area contributed by atoms with Gasteiger partial charge >= 0.3 is 0 Å². The summed E-state index contributed by atoms with van der Waals surface area (Å²) in [5, 5.41) is 0.854. The number of benzene rings is 1. The average Bonchev–Trinajstić information content (AvgIpc) is 2.15. The molecule has 0 radical (unpaired) electrons. The third kappa shape index (κ3) is 2.91. The highest BCUT2D eigenvalue weighted by atomic mass is 79.9. The maximum atomic E-state index is 11.3. The Labute approximate surface area is 79.6 Å². The molecule has 0 aliphatic carbocycles. The Balaban J connectivity index is 2.53. The molecule has 0 amide bonds. The van der Waals surface area contributed by atoms with Gasteiger partial charge in [-0.3, -0.25) is 0 Å². The average molecular weight is 233 g/mol. The van der Waals surface area contributed by atoms with Crippen molar-refractivity contribution < 1.29 is 9.47 Å². The molecular formula is C9H10BrFO. The van der Waals surface area contributed by atoms with Crippen molar-refractivity contribution in [3.63, 3.8) is 0 Å². The number of hydrogen-bond donors (Lipinski definition) is 0. The van der Waals surface area contributed by atoms with E-state index in [2.05, 4.69) is 20.9 Å². The SMILES string of the molecule is FOCCc1ccc(CBr)cc1. The summed E-state index contributed by atoms with van der Waals surface area (Å²) in [6.07, 6.45) is 0.624. The zero-order chi connectivity index (χ0) is 8.81. The third-order valence-electron chi connectivity index (χ3n) is 1.65. The van der Waals surface area contributed by atoms with Crippen molar-refractivity contribution in [3.05, 3.63) is 35.4 Å². The molecule has 0 saturated heterocycles. The smallest absolute Gasteiger partial charge is 0.0916 e. The molecule has 0 bridgehead atoms. The van der Waals surface area contributed by atoms with E-state index in [1.54, 1.807) is 0 Å². The molecule has 1 aromatic rings. The molecule has 1 rings (SSSR count). The molecule has 0 N–H and O–H groups in total. The first kappa shape index (κ1) is 9.68. The van der Waals surface area contributed by atoms with Crippen LogP contribution in [0.3, 0.4) is 0 Å². The fraction of sp³-hybridized carbons (Fsp3) is 0.333. The Morgan fingerprint density at radius 1 is 1.17 bits per heavy atom. The van der Waals surface area contributed by atoms with Crippen molar-refractivity contribution in [2.75, 3.05) is 6.61 Å². The standard InChI is InChI=1S/C9H10BrFO/c10-7-9-3-1-8(2-4-9)5-6-12-11/h1-4H,5-7H2. The minimum Gasteiger partial charge on any atom is -0.194 e. The summed E-state index contributed by atoms with van der Waals surface area (Å²) in [4.78, 5) is 3.49. The summed E-state index contributed by atoms with van der Waals surface area (Å²) in [7, 11) is 0. The lowest BCUT2D eigenvalue weighted by atomic mass is 10.1. The lowest BCUT2D eigenvalue weighted by Gasteiger charge is -1.99. The first-order chi connectivity index (χ1) is 5.86. The summed E-state index contributed by atoms with van der Waals surface area (Å²) in [5.41, 5.74) is 2.32. The second-order valence-electron chi connectivity index (χ2n) is 2.51. The van der Waals surface area contributed by atoms with E-state index in [1.807, 2.05) is 24.3 Å². The van der Waals surface area contributed by atoms with Crippen LogP contribution in [0, 0.1) is 0 Å². The maximum Gasteiger partial charge on any atom is 0.0916 e. The van der Waals surface area contributed by atoms with Gasteiger partial charge in [0.15, 0.2) is 0 Å². The molecule has 0 atom stereocenters. The molecule has 0 fully saturated rings. The highest BCUT2D eigenvalue weighted by Gasteiger charge is 1.93. The molecular weight excluding hydrogens is 223 g/mol. The van der Waals surface area contributed by atoms with Crippen LogP contribution in [0.15, 0.2) is 24.3 Å². The number of rotatable bonds is 4. The van der Waals surface area contributed by atoms with Gasteiger partial charge in [-0.1, -0.05) is 40.2 Å². The predicted octanol–water partition coefficient (Wildman–Crippen LogP) is 3.03. The molecule has 0 spiro atoms. The van der Waals surface area contributed by atoms with E-state index < -0.39 is 0 Å². The van der Waals surface area contributed by atoms with E-state index in [1.165, 1.54) is 5.56 Å². The maximum absolute atomic E-state index is 11.3. The molecule has 1 aromatic carbocycles. The van der Waals surface area contributed by atoms with Gasteiger partial charge in [0.2, 0.25) is 0 Å². The number of alkyl halides is 1. The quantitative estimate of drug-likeness (QED) is 0.726. The molecule has 66 valence electrons. The zero-order valence-corrected chi connectivity index (χ0v) is 8.18. The molecule has 0 aliphatic rings. The van der Waals surface area contributed by atoms with Crippen LogP contribution in [0.4, 0.5) is 4.53 Å². The van der Waals surface area contributed by atoms with Gasteiger partial charge in [-0.15, -0.1) is 0 Å². The van der Waals surface area contributed by atoms with Gasteiger partial charge in [-0.2, -0.15) is 4.94 Å². The Hall–Kier alpha value is -0.410. The van der Waals surface area contributed by atoms with Crippen LogP contribution in [0.25, 0.3) is 0 Å². The molecule has 0 aliphatic heterocycles. The molecule has 0 saturated carbocycles. The summed E-state index contributed by atoms with van der Waals surface area (Å²) in [5.74, 6) is 0. The fourth-order valence-electron chi connectivity index (χ4n) is 0.951. The van der Waals surface area contributed by atoms with Crippen molar-refractivity contribution in [2.45, 2.75) is 11.8 Å². The first-order valence-electron chi connectivity index (χ1n) is 3.74. The first-order valence-corrected chi connectivity index (χ1v) is 4.86. The van der Waals surface area contributed by atoms with E-state index in [9.17, 15) is 4.53 Å². The minimum atomic E-state index is 0.133. The monoisotopic (exact) mass is 232 g/mol. The molecule has 0 unspecified atom stereocenters. The van der Waals surface area contributed by atoms with Gasteiger partial charge in [-0.25, -0.2) is 0 Å². The van der Waals surface area contributed by atoms with Crippen LogP contribution < -0.4 is 0 Å². The molecule has 0 aromatic heterocycles. The van der Waals surface area contributed by atoms with Gasteiger partial charge < -0.3 is 0 Å².